The van der Waals surface area contributed by atoms with E-state index in [1.165, 1.54) is 0 Å². The molecule has 1 fully saturated rings. The second kappa shape index (κ2) is 5.61. The maximum absolute atomic E-state index is 9.92. The number of rotatable bonds is 4. The molecule has 0 spiro atoms. The van der Waals surface area contributed by atoms with Crippen molar-refractivity contribution in [3.8, 4) is 0 Å². The Labute approximate surface area is 96.5 Å². The van der Waals surface area contributed by atoms with Gasteiger partial charge in [-0.3, -0.25) is 0 Å². The summed E-state index contributed by atoms with van der Waals surface area (Å²) >= 11 is 0. The highest BCUT2D eigenvalue weighted by Gasteiger charge is 2.51. The van der Waals surface area contributed by atoms with Gasteiger partial charge in [0, 0.05) is 17.9 Å². The van der Waals surface area contributed by atoms with Gasteiger partial charge in [-0.25, -0.2) is 0 Å². The van der Waals surface area contributed by atoms with E-state index in [4.69, 9.17) is 15.4 Å². The molecule has 1 heterocycles. The quantitative estimate of drug-likeness (QED) is 0.217. The van der Waals surface area contributed by atoms with E-state index in [0.717, 1.165) is 0 Å². The number of nitrogens with zero attached hydrogens (tertiary/aromatic N) is 3. The van der Waals surface area contributed by atoms with Crippen molar-refractivity contribution in [3.63, 3.8) is 0 Å². The van der Waals surface area contributed by atoms with Gasteiger partial charge in [-0.15, -0.1) is 0 Å². The van der Waals surface area contributed by atoms with E-state index < -0.39 is 36.8 Å². The Balaban J connectivity index is 2.79. The van der Waals surface area contributed by atoms with Crippen LogP contribution in [0.5, 0.6) is 0 Å². The molecule has 0 bridgehead atoms. The average molecular weight is 249 g/mol. The van der Waals surface area contributed by atoms with E-state index in [1.807, 2.05) is 0 Å². The first-order valence-electron chi connectivity index (χ1n) is 5.02. The molecule has 5 atom stereocenters. The van der Waals surface area contributed by atoms with Crippen molar-refractivity contribution in [1.29, 1.82) is 0 Å². The lowest BCUT2D eigenvalue weighted by atomic mass is 9.91. The fourth-order valence-corrected chi connectivity index (χ4v) is 1.68. The molecule has 0 amide bonds. The van der Waals surface area contributed by atoms with Gasteiger partial charge in [-0.2, -0.15) is 0 Å². The van der Waals surface area contributed by atoms with Crippen LogP contribution in [0.3, 0.4) is 0 Å². The van der Waals surface area contributed by atoms with Gasteiger partial charge in [0.25, 0.3) is 0 Å². The number of hydrogen-bond donors (Lipinski definition) is 5. The standard InChI is InChI=1S/C8H15N3O6/c9-11-10-2-1-8(16)7(15)6(14)5(13)4(3-12)17-8/h4-7,12-16H,1-3H2/t4-,5-,6+,7-,8+/m1/s1. The minimum Gasteiger partial charge on any atom is -0.394 e. The zero-order valence-corrected chi connectivity index (χ0v) is 8.92. The molecule has 0 aromatic rings. The maximum atomic E-state index is 9.92. The predicted molar refractivity (Wildman–Crippen MR) is 53.6 cm³/mol. The summed E-state index contributed by atoms with van der Waals surface area (Å²) in [6.45, 7) is -0.792. The van der Waals surface area contributed by atoms with Crippen LogP contribution in [0.4, 0.5) is 0 Å². The van der Waals surface area contributed by atoms with Crippen LogP contribution in [0.25, 0.3) is 10.4 Å². The number of ether oxygens (including phenoxy) is 1. The Bertz CT molecular complexity index is 308. The Morgan fingerprint density at radius 3 is 2.47 bits per heavy atom. The van der Waals surface area contributed by atoms with Crippen LogP contribution >= 0.6 is 0 Å². The first-order chi connectivity index (χ1) is 7.96. The second-order valence-electron chi connectivity index (χ2n) is 3.81. The number of aliphatic hydroxyl groups is 5. The van der Waals surface area contributed by atoms with Gasteiger partial charge in [0.1, 0.15) is 24.4 Å². The van der Waals surface area contributed by atoms with E-state index in [9.17, 15) is 20.4 Å². The van der Waals surface area contributed by atoms with Crippen molar-refractivity contribution >= 4 is 0 Å². The summed E-state index contributed by atoms with van der Waals surface area (Å²) < 4.78 is 4.93. The lowest BCUT2D eigenvalue weighted by Gasteiger charge is -2.45. The third kappa shape index (κ3) is 2.85. The molecule has 1 saturated heterocycles. The molecule has 0 radical (unpaired) electrons. The maximum Gasteiger partial charge on any atom is 0.195 e. The van der Waals surface area contributed by atoms with Crippen molar-refractivity contribution in [2.45, 2.75) is 36.6 Å². The second-order valence-corrected chi connectivity index (χ2v) is 3.81. The Hall–Kier alpha value is -0.930. The lowest BCUT2D eigenvalue weighted by Crippen LogP contribution is -2.65. The summed E-state index contributed by atoms with van der Waals surface area (Å²) in [5.74, 6) is -2.17. The Kier molecular flexibility index (Phi) is 4.66. The molecule has 9 heteroatoms. The van der Waals surface area contributed by atoms with Gasteiger partial charge in [-0.05, 0) is 5.53 Å². The van der Waals surface area contributed by atoms with Gasteiger partial charge in [0.2, 0.25) is 0 Å². The van der Waals surface area contributed by atoms with Gasteiger partial charge in [-0.1, -0.05) is 5.11 Å². The topological polar surface area (TPSA) is 159 Å². The fraction of sp³-hybridized carbons (Fsp3) is 1.00. The zero-order chi connectivity index (χ0) is 13.1. The predicted octanol–water partition coefficient (Wildman–Crippen LogP) is -2.15. The lowest BCUT2D eigenvalue weighted by molar-refractivity contribution is -0.350. The van der Waals surface area contributed by atoms with E-state index in [-0.39, 0.29) is 13.0 Å². The zero-order valence-electron chi connectivity index (χ0n) is 8.92. The minimum atomic E-state index is -2.17. The molecule has 1 aliphatic rings. The van der Waals surface area contributed by atoms with E-state index in [1.54, 1.807) is 0 Å². The van der Waals surface area contributed by atoms with Crippen LogP contribution in [0.1, 0.15) is 6.42 Å². The number of aliphatic hydroxyl groups excluding tert-OH is 4. The fourth-order valence-electron chi connectivity index (χ4n) is 1.68. The van der Waals surface area contributed by atoms with Crippen LogP contribution in [-0.4, -0.2) is 68.9 Å². The van der Waals surface area contributed by atoms with Crippen molar-refractivity contribution < 1.29 is 30.3 Å². The highest BCUT2D eigenvalue weighted by Crippen LogP contribution is 2.30. The van der Waals surface area contributed by atoms with Crippen LogP contribution in [0.2, 0.25) is 0 Å². The minimum absolute atomic E-state index is 0.162. The molecular formula is C8H15N3O6. The average Bonchev–Trinajstić information content (AvgIpc) is 2.32. The normalized spacial score (nSPS) is 41.9. The number of azide groups is 1. The van der Waals surface area contributed by atoms with Crippen LogP contribution in [0.15, 0.2) is 5.11 Å². The Morgan fingerprint density at radius 1 is 1.29 bits per heavy atom. The summed E-state index contributed by atoms with van der Waals surface area (Å²) in [4.78, 5) is 2.46. The highest BCUT2D eigenvalue weighted by atomic mass is 16.7. The smallest absolute Gasteiger partial charge is 0.195 e. The van der Waals surface area contributed by atoms with Crippen molar-refractivity contribution in [3.05, 3.63) is 10.4 Å². The molecule has 1 aliphatic heterocycles. The molecule has 0 aromatic carbocycles. The molecule has 5 N–H and O–H groups in total. The summed E-state index contributed by atoms with van der Waals surface area (Å²) in [6, 6.07) is 0. The largest absolute Gasteiger partial charge is 0.394 e. The van der Waals surface area contributed by atoms with Crippen molar-refractivity contribution in [1.82, 2.24) is 0 Å². The first kappa shape index (κ1) is 14.1. The van der Waals surface area contributed by atoms with Crippen LogP contribution < -0.4 is 0 Å². The van der Waals surface area contributed by atoms with Gasteiger partial charge >= 0.3 is 0 Å². The van der Waals surface area contributed by atoms with E-state index >= 15 is 0 Å². The first-order valence-corrected chi connectivity index (χ1v) is 5.02. The molecular weight excluding hydrogens is 234 g/mol. The van der Waals surface area contributed by atoms with Crippen molar-refractivity contribution in [2.24, 2.45) is 5.11 Å². The molecule has 0 unspecified atom stereocenters. The highest BCUT2D eigenvalue weighted by molar-refractivity contribution is 4.96. The molecule has 0 saturated carbocycles. The van der Waals surface area contributed by atoms with Crippen LogP contribution in [0, 0.1) is 0 Å². The molecule has 98 valence electrons. The molecule has 9 nitrogen and oxygen atoms in total. The third-order valence-corrected chi connectivity index (χ3v) is 2.69. The Morgan fingerprint density at radius 2 is 1.94 bits per heavy atom. The summed E-state index contributed by atoms with van der Waals surface area (Å²) in [5.41, 5.74) is 8.08. The summed E-state index contributed by atoms with van der Waals surface area (Å²) in [6.07, 6.45) is -6.40. The monoisotopic (exact) mass is 249 g/mol. The van der Waals surface area contributed by atoms with E-state index in [0.29, 0.717) is 0 Å². The third-order valence-electron chi connectivity index (χ3n) is 2.69. The number of hydrogen-bond acceptors (Lipinski definition) is 7. The molecule has 17 heavy (non-hydrogen) atoms. The molecule has 0 aliphatic carbocycles. The molecule has 1 rings (SSSR count). The van der Waals surface area contributed by atoms with Gasteiger partial charge in [0.15, 0.2) is 5.79 Å². The van der Waals surface area contributed by atoms with Crippen LogP contribution in [-0.2, 0) is 4.74 Å². The van der Waals surface area contributed by atoms with Gasteiger partial charge in [0.05, 0.1) is 6.61 Å². The molecule has 0 aromatic heterocycles. The van der Waals surface area contributed by atoms with E-state index in [2.05, 4.69) is 10.0 Å². The summed E-state index contributed by atoms with van der Waals surface area (Å²) in [5, 5.41) is 50.5. The van der Waals surface area contributed by atoms with Gasteiger partial charge < -0.3 is 30.3 Å². The summed E-state index contributed by atoms with van der Waals surface area (Å²) in [7, 11) is 0. The SMILES string of the molecule is [N-]=[N+]=NCC[C@]1(O)O[C@H](CO)[C@@H](O)[C@H](O)[C@H]1O. The van der Waals surface area contributed by atoms with Crippen molar-refractivity contribution in [2.75, 3.05) is 13.2 Å².